The fourth-order valence-electron chi connectivity index (χ4n) is 4.04. The molecule has 2 aromatic carbocycles. The Labute approximate surface area is 198 Å². The van der Waals surface area contributed by atoms with Crippen LogP contribution in [-0.2, 0) is 13.7 Å². The zero-order valence-corrected chi connectivity index (χ0v) is 19.7. The minimum absolute atomic E-state index is 0.00760. The molecule has 0 aliphatic carbocycles. The number of nitrogens with one attached hydrogen (secondary N) is 1. The van der Waals surface area contributed by atoms with Gasteiger partial charge in [0.1, 0.15) is 29.6 Å². The smallest absolute Gasteiger partial charge is 0.138 e. The van der Waals surface area contributed by atoms with Crippen LogP contribution in [0.25, 0.3) is 22.1 Å². The summed E-state index contributed by atoms with van der Waals surface area (Å²) in [6, 6.07) is 18.2. The van der Waals surface area contributed by atoms with E-state index < -0.39 is 0 Å². The van der Waals surface area contributed by atoms with E-state index in [4.69, 9.17) is 14.1 Å². The van der Waals surface area contributed by atoms with Crippen LogP contribution in [0.5, 0.6) is 5.75 Å². The van der Waals surface area contributed by atoms with Crippen LogP contribution in [-0.4, -0.2) is 19.7 Å². The Morgan fingerprint density at radius 1 is 1.09 bits per heavy atom. The lowest BCUT2D eigenvalue weighted by Crippen LogP contribution is -2.10. The van der Waals surface area contributed by atoms with Gasteiger partial charge in [-0.2, -0.15) is 5.10 Å². The highest BCUT2D eigenvalue weighted by atomic mass is 16.5. The standard InChI is InChI=1S/C27H27N5O2/c1-17-12-23(32(4)31-17)16-34-24-7-5-6-20(14-24)18(2)29-27-25(15-28-19(3)30-27)21-8-9-26-22(13-21)10-11-33-26/h5-15,18H,16H2,1-4H3,(H,28,29,30). The molecule has 1 N–H and O–H groups in total. The molecule has 0 aliphatic heterocycles. The van der Waals surface area contributed by atoms with Gasteiger partial charge in [-0.15, -0.1) is 0 Å². The quantitative estimate of drug-likeness (QED) is 0.326. The fraction of sp³-hybridized carbons (Fsp3) is 0.222. The lowest BCUT2D eigenvalue weighted by Gasteiger charge is -2.19. The average Bonchev–Trinajstić information content (AvgIpc) is 3.42. The number of anilines is 1. The van der Waals surface area contributed by atoms with Crippen LogP contribution in [0.15, 0.2) is 71.5 Å². The van der Waals surface area contributed by atoms with Gasteiger partial charge in [-0.05, 0) is 68.3 Å². The summed E-state index contributed by atoms with van der Waals surface area (Å²) in [7, 11) is 1.93. The minimum Gasteiger partial charge on any atom is -0.487 e. The molecular weight excluding hydrogens is 426 g/mol. The van der Waals surface area contributed by atoms with Gasteiger partial charge in [0.2, 0.25) is 0 Å². The van der Waals surface area contributed by atoms with E-state index in [0.717, 1.165) is 50.6 Å². The average molecular weight is 454 g/mol. The summed E-state index contributed by atoms with van der Waals surface area (Å²) in [5.74, 6) is 2.32. The van der Waals surface area contributed by atoms with Crippen LogP contribution in [0.4, 0.5) is 5.82 Å². The van der Waals surface area contributed by atoms with Gasteiger partial charge in [-0.25, -0.2) is 9.97 Å². The molecule has 1 unspecified atom stereocenters. The summed E-state index contributed by atoms with van der Waals surface area (Å²) in [5, 5.41) is 9.00. The molecule has 1 atom stereocenters. The second-order valence-electron chi connectivity index (χ2n) is 8.48. The Hall–Kier alpha value is -4.13. The molecule has 0 saturated heterocycles. The molecule has 0 radical (unpaired) electrons. The first-order chi connectivity index (χ1) is 16.5. The number of rotatable bonds is 7. The van der Waals surface area contributed by atoms with Crippen LogP contribution < -0.4 is 10.1 Å². The van der Waals surface area contributed by atoms with Crippen molar-refractivity contribution in [3.63, 3.8) is 0 Å². The second kappa shape index (κ2) is 9.02. The highest BCUT2D eigenvalue weighted by Crippen LogP contribution is 2.32. The van der Waals surface area contributed by atoms with Crippen LogP contribution >= 0.6 is 0 Å². The zero-order chi connectivity index (χ0) is 23.7. The normalized spacial score (nSPS) is 12.1. The van der Waals surface area contributed by atoms with E-state index in [1.165, 1.54) is 0 Å². The molecule has 5 aromatic rings. The number of furan rings is 1. The minimum atomic E-state index is 0.00760. The third-order valence-corrected chi connectivity index (χ3v) is 5.87. The number of aromatic nitrogens is 4. The predicted molar refractivity (Wildman–Crippen MR) is 133 cm³/mol. The van der Waals surface area contributed by atoms with Crippen molar-refractivity contribution in [2.24, 2.45) is 7.05 Å². The molecule has 0 fully saturated rings. The Balaban J connectivity index is 1.37. The lowest BCUT2D eigenvalue weighted by molar-refractivity contribution is 0.294. The number of ether oxygens (including phenoxy) is 1. The topological polar surface area (TPSA) is 78.0 Å². The first kappa shape index (κ1) is 21.7. The van der Waals surface area contributed by atoms with Gasteiger partial charge < -0.3 is 14.5 Å². The number of benzene rings is 2. The van der Waals surface area contributed by atoms with E-state index in [0.29, 0.717) is 12.4 Å². The molecule has 3 aromatic heterocycles. The molecule has 0 aliphatic rings. The highest BCUT2D eigenvalue weighted by molar-refractivity contribution is 5.86. The van der Waals surface area contributed by atoms with Crippen molar-refractivity contribution in [3.05, 3.63) is 89.8 Å². The summed E-state index contributed by atoms with van der Waals surface area (Å²) < 4.78 is 13.4. The van der Waals surface area contributed by atoms with Crippen molar-refractivity contribution in [1.29, 1.82) is 0 Å². The van der Waals surface area contributed by atoms with Gasteiger partial charge in [-0.3, -0.25) is 4.68 Å². The molecule has 0 saturated carbocycles. The first-order valence-electron chi connectivity index (χ1n) is 11.3. The first-order valence-corrected chi connectivity index (χ1v) is 11.3. The third-order valence-electron chi connectivity index (χ3n) is 5.87. The van der Waals surface area contributed by atoms with E-state index in [9.17, 15) is 0 Å². The molecule has 7 nitrogen and oxygen atoms in total. The van der Waals surface area contributed by atoms with E-state index in [1.807, 2.05) is 68.2 Å². The van der Waals surface area contributed by atoms with Crippen molar-refractivity contribution < 1.29 is 9.15 Å². The Morgan fingerprint density at radius 2 is 1.97 bits per heavy atom. The summed E-state index contributed by atoms with van der Waals surface area (Å²) in [6.45, 7) is 6.46. The third kappa shape index (κ3) is 4.50. The Morgan fingerprint density at radius 3 is 2.79 bits per heavy atom. The van der Waals surface area contributed by atoms with Gasteiger partial charge >= 0.3 is 0 Å². The predicted octanol–water partition coefficient (Wildman–Crippen LogP) is 5.99. The summed E-state index contributed by atoms with van der Waals surface area (Å²) in [5.41, 5.74) is 5.95. The number of hydrogen-bond donors (Lipinski definition) is 1. The number of hydrogen-bond acceptors (Lipinski definition) is 6. The fourth-order valence-corrected chi connectivity index (χ4v) is 4.04. The highest BCUT2D eigenvalue weighted by Gasteiger charge is 2.14. The molecule has 3 heterocycles. The number of fused-ring (bicyclic) bond motifs is 1. The van der Waals surface area contributed by atoms with Gasteiger partial charge in [0.25, 0.3) is 0 Å². The maximum Gasteiger partial charge on any atom is 0.138 e. The van der Waals surface area contributed by atoms with Crippen molar-refractivity contribution in [2.75, 3.05) is 5.32 Å². The summed E-state index contributed by atoms with van der Waals surface area (Å²) >= 11 is 0. The van der Waals surface area contributed by atoms with Crippen molar-refractivity contribution in [1.82, 2.24) is 19.7 Å². The van der Waals surface area contributed by atoms with Gasteiger partial charge in [-0.1, -0.05) is 18.2 Å². The largest absolute Gasteiger partial charge is 0.487 e. The molecule has 0 bridgehead atoms. The number of nitrogens with zero attached hydrogens (tertiary/aromatic N) is 4. The number of aryl methyl sites for hydroxylation is 3. The molecule has 0 amide bonds. The molecule has 172 valence electrons. The van der Waals surface area contributed by atoms with Crippen LogP contribution in [0, 0.1) is 13.8 Å². The van der Waals surface area contributed by atoms with Crippen molar-refractivity contribution in [2.45, 2.75) is 33.4 Å². The van der Waals surface area contributed by atoms with E-state index in [-0.39, 0.29) is 6.04 Å². The monoisotopic (exact) mass is 453 g/mol. The summed E-state index contributed by atoms with van der Waals surface area (Å²) in [4.78, 5) is 9.14. The van der Waals surface area contributed by atoms with Crippen molar-refractivity contribution in [3.8, 4) is 16.9 Å². The molecule has 0 spiro atoms. The van der Waals surface area contributed by atoms with Crippen LogP contribution in [0.3, 0.4) is 0 Å². The second-order valence-corrected chi connectivity index (χ2v) is 8.48. The molecular formula is C27H27N5O2. The van der Waals surface area contributed by atoms with E-state index in [2.05, 4.69) is 40.5 Å². The maximum atomic E-state index is 6.05. The lowest BCUT2D eigenvalue weighted by atomic mass is 10.0. The van der Waals surface area contributed by atoms with Gasteiger partial charge in [0, 0.05) is 24.2 Å². The maximum absolute atomic E-state index is 6.05. The summed E-state index contributed by atoms with van der Waals surface area (Å²) in [6.07, 6.45) is 3.57. The SMILES string of the molecule is Cc1cc(COc2cccc(C(C)Nc3nc(C)ncc3-c3ccc4occc4c3)c2)n(C)n1. The molecule has 7 heteroatoms. The van der Waals surface area contributed by atoms with Crippen molar-refractivity contribution >= 4 is 16.8 Å². The van der Waals surface area contributed by atoms with E-state index >= 15 is 0 Å². The Kier molecular flexibility index (Phi) is 5.76. The van der Waals surface area contributed by atoms with Crippen LogP contribution in [0.2, 0.25) is 0 Å². The molecule has 5 rings (SSSR count). The van der Waals surface area contributed by atoms with E-state index in [1.54, 1.807) is 6.26 Å². The van der Waals surface area contributed by atoms with Gasteiger partial charge in [0.15, 0.2) is 0 Å². The molecule has 34 heavy (non-hydrogen) atoms. The van der Waals surface area contributed by atoms with Gasteiger partial charge in [0.05, 0.1) is 23.7 Å². The van der Waals surface area contributed by atoms with Crippen LogP contribution in [0.1, 0.15) is 35.7 Å². The zero-order valence-electron chi connectivity index (χ0n) is 19.7. The Bertz CT molecular complexity index is 1450.